The van der Waals surface area contributed by atoms with Gasteiger partial charge in [0.25, 0.3) is 0 Å². The Labute approximate surface area is 106 Å². The summed E-state index contributed by atoms with van der Waals surface area (Å²) in [6, 6.07) is 5.79. The van der Waals surface area contributed by atoms with E-state index < -0.39 is 0 Å². The van der Waals surface area contributed by atoms with Gasteiger partial charge in [-0.2, -0.15) is 0 Å². The van der Waals surface area contributed by atoms with Crippen molar-refractivity contribution in [2.45, 2.75) is 13.8 Å². The quantitative estimate of drug-likeness (QED) is 0.813. The van der Waals surface area contributed by atoms with Crippen molar-refractivity contribution in [2.24, 2.45) is 7.05 Å². The van der Waals surface area contributed by atoms with Gasteiger partial charge < -0.3 is 14.0 Å². The Hall–Kier alpha value is -2.04. The van der Waals surface area contributed by atoms with Crippen LogP contribution in [-0.2, 0) is 7.05 Å². The van der Waals surface area contributed by atoms with Crippen LogP contribution in [0.1, 0.15) is 13.8 Å². The fourth-order valence-electron chi connectivity index (χ4n) is 1.73. The molecule has 0 unspecified atom stereocenters. The van der Waals surface area contributed by atoms with Crippen LogP contribution in [0.4, 0.5) is 0 Å². The molecule has 0 aliphatic carbocycles. The number of nitrogens with zero attached hydrogens (tertiary/aromatic N) is 3. The van der Waals surface area contributed by atoms with Crippen molar-refractivity contribution in [3.63, 3.8) is 0 Å². The van der Waals surface area contributed by atoms with Crippen LogP contribution < -0.4 is 9.47 Å². The molecule has 0 amide bonds. The van der Waals surface area contributed by atoms with Gasteiger partial charge in [0, 0.05) is 12.6 Å². The second-order valence-electron chi connectivity index (χ2n) is 3.79. The lowest BCUT2D eigenvalue weighted by Crippen LogP contribution is -1.99. The van der Waals surface area contributed by atoms with E-state index in [1.54, 1.807) is 6.33 Å². The number of benzene rings is 1. The van der Waals surface area contributed by atoms with E-state index in [0.29, 0.717) is 13.2 Å². The molecule has 1 aromatic heterocycles. The van der Waals surface area contributed by atoms with Gasteiger partial charge in [0.15, 0.2) is 17.3 Å². The summed E-state index contributed by atoms with van der Waals surface area (Å²) < 4.78 is 13.0. The first-order valence-electron chi connectivity index (χ1n) is 6.00. The lowest BCUT2D eigenvalue weighted by atomic mass is 10.2. The highest BCUT2D eigenvalue weighted by Crippen LogP contribution is 2.31. The Balaban J connectivity index is 2.39. The van der Waals surface area contributed by atoms with Gasteiger partial charge in [0.05, 0.1) is 13.2 Å². The lowest BCUT2D eigenvalue weighted by molar-refractivity contribution is 0.288. The molecule has 0 aliphatic rings. The van der Waals surface area contributed by atoms with Gasteiger partial charge in [-0.25, -0.2) is 0 Å². The van der Waals surface area contributed by atoms with Gasteiger partial charge >= 0.3 is 0 Å². The lowest BCUT2D eigenvalue weighted by Gasteiger charge is -2.12. The van der Waals surface area contributed by atoms with Crippen LogP contribution in [0.15, 0.2) is 24.5 Å². The van der Waals surface area contributed by atoms with Gasteiger partial charge in [-0.05, 0) is 32.0 Å². The van der Waals surface area contributed by atoms with Crippen molar-refractivity contribution in [3.05, 3.63) is 24.5 Å². The fourth-order valence-corrected chi connectivity index (χ4v) is 1.73. The summed E-state index contributed by atoms with van der Waals surface area (Å²) in [4.78, 5) is 0. The number of hydrogen-bond donors (Lipinski definition) is 0. The predicted molar refractivity (Wildman–Crippen MR) is 68.8 cm³/mol. The Bertz CT molecular complexity index is 523. The second kappa shape index (κ2) is 5.53. The molecule has 0 N–H and O–H groups in total. The zero-order chi connectivity index (χ0) is 13.0. The molecule has 0 saturated heterocycles. The molecule has 2 aromatic rings. The first-order chi connectivity index (χ1) is 8.76. The van der Waals surface area contributed by atoms with Crippen molar-refractivity contribution < 1.29 is 9.47 Å². The molecule has 0 saturated carbocycles. The van der Waals surface area contributed by atoms with Crippen LogP contribution in [0.3, 0.4) is 0 Å². The first-order valence-corrected chi connectivity index (χ1v) is 6.00. The zero-order valence-corrected chi connectivity index (χ0v) is 10.9. The number of aromatic nitrogens is 3. The van der Waals surface area contributed by atoms with Gasteiger partial charge in [0.1, 0.15) is 6.33 Å². The summed E-state index contributed by atoms with van der Waals surface area (Å²) >= 11 is 0. The van der Waals surface area contributed by atoms with E-state index in [1.807, 2.05) is 43.7 Å². The largest absolute Gasteiger partial charge is 0.490 e. The minimum atomic E-state index is 0.600. The van der Waals surface area contributed by atoms with Gasteiger partial charge in [-0.3, -0.25) is 0 Å². The first kappa shape index (κ1) is 12.4. The molecule has 5 nitrogen and oxygen atoms in total. The average Bonchev–Trinajstić information content (AvgIpc) is 2.78. The highest BCUT2D eigenvalue weighted by atomic mass is 16.5. The van der Waals surface area contributed by atoms with E-state index in [2.05, 4.69) is 10.2 Å². The van der Waals surface area contributed by atoms with E-state index >= 15 is 0 Å². The van der Waals surface area contributed by atoms with Crippen LogP contribution in [0, 0.1) is 0 Å². The molecule has 0 radical (unpaired) electrons. The summed E-state index contributed by atoms with van der Waals surface area (Å²) in [6.07, 6.45) is 1.67. The molecule has 1 heterocycles. The summed E-state index contributed by atoms with van der Waals surface area (Å²) in [5, 5.41) is 7.95. The van der Waals surface area contributed by atoms with E-state index in [1.165, 1.54) is 0 Å². The number of ether oxygens (including phenoxy) is 2. The Morgan fingerprint density at radius 1 is 1.11 bits per heavy atom. The number of hydrogen-bond acceptors (Lipinski definition) is 4. The summed E-state index contributed by atoms with van der Waals surface area (Å²) in [5.41, 5.74) is 0.960. The van der Waals surface area contributed by atoms with Crippen molar-refractivity contribution in [3.8, 4) is 22.9 Å². The highest BCUT2D eigenvalue weighted by Gasteiger charge is 2.10. The zero-order valence-electron chi connectivity index (χ0n) is 10.9. The highest BCUT2D eigenvalue weighted by molar-refractivity contribution is 5.61. The van der Waals surface area contributed by atoms with Crippen LogP contribution in [0.5, 0.6) is 11.5 Å². The molecule has 0 fully saturated rings. The molecular weight excluding hydrogens is 230 g/mol. The third-order valence-electron chi connectivity index (χ3n) is 2.51. The minimum Gasteiger partial charge on any atom is -0.490 e. The summed E-state index contributed by atoms with van der Waals surface area (Å²) in [6.45, 7) is 5.11. The summed E-state index contributed by atoms with van der Waals surface area (Å²) in [5.74, 6) is 2.30. The van der Waals surface area contributed by atoms with Gasteiger partial charge in [-0.15, -0.1) is 10.2 Å². The van der Waals surface area contributed by atoms with Crippen LogP contribution >= 0.6 is 0 Å². The SMILES string of the molecule is CCOc1ccc(-c2nncn2C)cc1OCC. The molecular formula is C13H17N3O2. The monoisotopic (exact) mass is 247 g/mol. The molecule has 18 heavy (non-hydrogen) atoms. The maximum Gasteiger partial charge on any atom is 0.163 e. The van der Waals surface area contributed by atoms with Crippen molar-refractivity contribution in [2.75, 3.05) is 13.2 Å². The van der Waals surface area contributed by atoms with E-state index in [0.717, 1.165) is 22.9 Å². The van der Waals surface area contributed by atoms with Crippen LogP contribution in [0.2, 0.25) is 0 Å². The molecule has 1 aromatic carbocycles. The topological polar surface area (TPSA) is 49.2 Å². The molecule has 0 atom stereocenters. The third kappa shape index (κ3) is 2.45. The van der Waals surface area contributed by atoms with Crippen molar-refractivity contribution >= 4 is 0 Å². The molecule has 5 heteroatoms. The maximum absolute atomic E-state index is 5.59. The predicted octanol–water partition coefficient (Wildman–Crippen LogP) is 2.28. The fraction of sp³-hybridized carbons (Fsp3) is 0.385. The minimum absolute atomic E-state index is 0.600. The standard InChI is InChI=1S/C13H17N3O2/c1-4-17-11-7-6-10(8-12(11)18-5-2)13-15-14-9-16(13)3/h6-9H,4-5H2,1-3H3. The van der Waals surface area contributed by atoms with Crippen molar-refractivity contribution in [1.29, 1.82) is 0 Å². The second-order valence-corrected chi connectivity index (χ2v) is 3.79. The third-order valence-corrected chi connectivity index (χ3v) is 2.51. The van der Waals surface area contributed by atoms with E-state index in [4.69, 9.17) is 9.47 Å². The summed E-state index contributed by atoms with van der Waals surface area (Å²) in [7, 11) is 1.91. The van der Waals surface area contributed by atoms with Gasteiger partial charge in [-0.1, -0.05) is 0 Å². The molecule has 2 rings (SSSR count). The number of rotatable bonds is 5. The Morgan fingerprint density at radius 3 is 2.44 bits per heavy atom. The van der Waals surface area contributed by atoms with E-state index in [-0.39, 0.29) is 0 Å². The van der Waals surface area contributed by atoms with Crippen LogP contribution in [-0.4, -0.2) is 28.0 Å². The molecule has 96 valence electrons. The number of aryl methyl sites for hydroxylation is 1. The molecule has 0 bridgehead atoms. The molecule has 0 aliphatic heterocycles. The normalized spacial score (nSPS) is 10.4. The van der Waals surface area contributed by atoms with Gasteiger partial charge in [0.2, 0.25) is 0 Å². The average molecular weight is 247 g/mol. The maximum atomic E-state index is 5.59. The van der Waals surface area contributed by atoms with Crippen molar-refractivity contribution in [1.82, 2.24) is 14.8 Å². The molecule has 0 spiro atoms. The smallest absolute Gasteiger partial charge is 0.163 e. The van der Waals surface area contributed by atoms with E-state index in [9.17, 15) is 0 Å². The Morgan fingerprint density at radius 2 is 1.83 bits per heavy atom. The van der Waals surface area contributed by atoms with Crippen LogP contribution in [0.25, 0.3) is 11.4 Å². The Kier molecular flexibility index (Phi) is 3.82.